The van der Waals surface area contributed by atoms with Crippen molar-refractivity contribution in [3.63, 3.8) is 0 Å². The summed E-state index contributed by atoms with van der Waals surface area (Å²) in [4.78, 5) is 1.99. The van der Waals surface area contributed by atoms with Crippen LogP contribution in [0.1, 0.15) is 22.6 Å². The number of rotatable bonds is 7. The lowest BCUT2D eigenvalue weighted by atomic mass is 10.1. The van der Waals surface area contributed by atoms with E-state index in [9.17, 15) is 13.2 Å². The van der Waals surface area contributed by atoms with Crippen LogP contribution in [0.4, 0.5) is 13.2 Å². The van der Waals surface area contributed by atoms with E-state index >= 15 is 0 Å². The molecule has 2 aromatic carbocycles. The normalized spacial score (nSPS) is 11.8. The standard InChI is InChI=1S/C21H22F3N3O2/c1-14-9-16(10-15(2)19(14)28-13-21(22,23)24)11-27(3)12-18-25-26-20(29-18)17-7-5-4-6-8-17/h4-10H,11-13H2,1-3H3. The van der Waals surface area contributed by atoms with Gasteiger partial charge in [0.1, 0.15) is 5.75 Å². The molecular formula is C21H22F3N3O2. The second kappa shape index (κ2) is 8.65. The first-order valence-corrected chi connectivity index (χ1v) is 9.07. The predicted octanol–water partition coefficient (Wildman–Crippen LogP) is 4.93. The fourth-order valence-electron chi connectivity index (χ4n) is 3.13. The second-order valence-corrected chi connectivity index (χ2v) is 7.00. The molecule has 154 valence electrons. The summed E-state index contributed by atoms with van der Waals surface area (Å²) < 4.78 is 47.9. The van der Waals surface area contributed by atoms with Gasteiger partial charge in [-0.3, -0.25) is 4.90 Å². The average molecular weight is 405 g/mol. The second-order valence-electron chi connectivity index (χ2n) is 7.00. The highest BCUT2D eigenvalue weighted by atomic mass is 19.4. The van der Waals surface area contributed by atoms with Gasteiger partial charge in [-0.1, -0.05) is 30.3 Å². The van der Waals surface area contributed by atoms with Crippen LogP contribution in [0.15, 0.2) is 46.9 Å². The summed E-state index contributed by atoms with van der Waals surface area (Å²) in [6.45, 7) is 3.21. The number of halogens is 3. The highest BCUT2D eigenvalue weighted by Gasteiger charge is 2.29. The van der Waals surface area contributed by atoms with Crippen LogP contribution >= 0.6 is 0 Å². The highest BCUT2D eigenvalue weighted by molar-refractivity contribution is 5.51. The van der Waals surface area contributed by atoms with Crippen LogP contribution in [0.3, 0.4) is 0 Å². The van der Waals surface area contributed by atoms with Crippen molar-refractivity contribution in [2.75, 3.05) is 13.7 Å². The minimum absolute atomic E-state index is 0.276. The van der Waals surface area contributed by atoms with Gasteiger partial charge >= 0.3 is 6.18 Å². The van der Waals surface area contributed by atoms with Gasteiger partial charge in [0.2, 0.25) is 11.8 Å². The van der Waals surface area contributed by atoms with Crippen LogP contribution in [0, 0.1) is 13.8 Å². The SMILES string of the molecule is Cc1cc(CN(C)Cc2nnc(-c3ccccc3)o2)cc(C)c1OCC(F)(F)F. The zero-order valence-electron chi connectivity index (χ0n) is 16.5. The van der Waals surface area contributed by atoms with Gasteiger partial charge in [0.05, 0.1) is 6.54 Å². The lowest BCUT2D eigenvalue weighted by Gasteiger charge is -2.18. The molecule has 3 rings (SSSR count). The average Bonchev–Trinajstić information content (AvgIpc) is 3.09. The third kappa shape index (κ3) is 5.80. The number of aromatic nitrogens is 2. The van der Waals surface area contributed by atoms with Crippen LogP contribution in [0.2, 0.25) is 0 Å². The lowest BCUT2D eigenvalue weighted by molar-refractivity contribution is -0.153. The molecule has 29 heavy (non-hydrogen) atoms. The molecule has 0 bridgehead atoms. The molecule has 0 aliphatic heterocycles. The first-order chi connectivity index (χ1) is 13.7. The predicted molar refractivity (Wildman–Crippen MR) is 102 cm³/mol. The van der Waals surface area contributed by atoms with E-state index in [1.165, 1.54) is 0 Å². The van der Waals surface area contributed by atoms with E-state index < -0.39 is 12.8 Å². The van der Waals surface area contributed by atoms with Crippen LogP contribution in [0.25, 0.3) is 11.5 Å². The molecule has 0 atom stereocenters. The zero-order valence-corrected chi connectivity index (χ0v) is 16.5. The first kappa shape index (κ1) is 20.9. The smallest absolute Gasteiger partial charge is 0.422 e. The molecule has 1 aromatic heterocycles. The number of ether oxygens (including phenoxy) is 1. The van der Waals surface area contributed by atoms with Crippen LogP contribution in [-0.2, 0) is 13.1 Å². The monoisotopic (exact) mass is 405 g/mol. The molecule has 0 unspecified atom stereocenters. The summed E-state index contributed by atoms with van der Waals surface area (Å²) in [5.41, 5.74) is 3.16. The molecular weight excluding hydrogens is 383 g/mol. The Morgan fingerprint density at radius 3 is 2.28 bits per heavy atom. The molecule has 0 radical (unpaired) electrons. The molecule has 0 aliphatic rings. The molecule has 5 nitrogen and oxygen atoms in total. The lowest BCUT2D eigenvalue weighted by Crippen LogP contribution is -2.20. The molecule has 0 amide bonds. The molecule has 0 spiro atoms. The van der Waals surface area contributed by atoms with Crippen molar-refractivity contribution in [3.8, 4) is 17.2 Å². The Balaban J connectivity index is 1.63. The fourth-order valence-corrected chi connectivity index (χ4v) is 3.13. The molecule has 0 saturated heterocycles. The summed E-state index contributed by atoms with van der Waals surface area (Å²) in [7, 11) is 1.91. The van der Waals surface area contributed by atoms with Gasteiger partial charge in [-0.05, 0) is 49.7 Å². The molecule has 3 aromatic rings. The summed E-state index contributed by atoms with van der Waals surface area (Å²) in [5.74, 6) is 1.23. The van der Waals surface area contributed by atoms with Crippen molar-refractivity contribution in [1.29, 1.82) is 0 Å². The van der Waals surface area contributed by atoms with E-state index in [1.54, 1.807) is 13.8 Å². The zero-order chi connectivity index (χ0) is 21.0. The molecule has 0 aliphatic carbocycles. The van der Waals surface area contributed by atoms with Crippen LogP contribution < -0.4 is 4.74 Å². The van der Waals surface area contributed by atoms with Crippen molar-refractivity contribution in [1.82, 2.24) is 15.1 Å². The number of aryl methyl sites for hydroxylation is 2. The van der Waals surface area contributed by atoms with Gasteiger partial charge in [0, 0.05) is 12.1 Å². The van der Waals surface area contributed by atoms with E-state index in [0.29, 0.717) is 36.0 Å². The molecule has 8 heteroatoms. The minimum Gasteiger partial charge on any atom is -0.484 e. The van der Waals surface area contributed by atoms with Crippen molar-refractivity contribution in [3.05, 3.63) is 65.0 Å². The van der Waals surface area contributed by atoms with E-state index in [4.69, 9.17) is 9.15 Å². The van der Waals surface area contributed by atoms with Crippen LogP contribution in [0.5, 0.6) is 5.75 Å². The summed E-state index contributed by atoms with van der Waals surface area (Å²) in [5, 5.41) is 8.16. The third-order valence-corrected chi connectivity index (χ3v) is 4.25. The Morgan fingerprint density at radius 2 is 1.66 bits per heavy atom. The Bertz CT molecular complexity index is 932. The summed E-state index contributed by atoms with van der Waals surface area (Å²) in [6, 6.07) is 13.2. The third-order valence-electron chi connectivity index (χ3n) is 4.25. The summed E-state index contributed by atoms with van der Waals surface area (Å²) >= 11 is 0. The van der Waals surface area contributed by atoms with Gasteiger partial charge in [-0.25, -0.2) is 0 Å². The van der Waals surface area contributed by atoms with E-state index in [2.05, 4.69) is 10.2 Å². The maximum absolute atomic E-state index is 12.4. The Labute approximate surface area is 167 Å². The Hall–Kier alpha value is -2.87. The van der Waals surface area contributed by atoms with Gasteiger partial charge in [-0.15, -0.1) is 10.2 Å². The Kier molecular flexibility index (Phi) is 6.22. The molecule has 0 N–H and O–H groups in total. The first-order valence-electron chi connectivity index (χ1n) is 9.07. The fraction of sp³-hybridized carbons (Fsp3) is 0.333. The Morgan fingerprint density at radius 1 is 1.00 bits per heavy atom. The molecule has 0 saturated carbocycles. The maximum atomic E-state index is 12.4. The van der Waals surface area contributed by atoms with Gasteiger partial charge < -0.3 is 9.15 Å². The van der Waals surface area contributed by atoms with Gasteiger partial charge in [0.15, 0.2) is 6.61 Å². The molecule has 0 fully saturated rings. The van der Waals surface area contributed by atoms with Crippen molar-refractivity contribution < 1.29 is 22.3 Å². The topological polar surface area (TPSA) is 51.4 Å². The largest absolute Gasteiger partial charge is 0.484 e. The number of hydrogen-bond donors (Lipinski definition) is 0. The number of nitrogens with zero attached hydrogens (tertiary/aromatic N) is 3. The van der Waals surface area contributed by atoms with Gasteiger partial charge in [-0.2, -0.15) is 13.2 Å². The van der Waals surface area contributed by atoms with Gasteiger partial charge in [0.25, 0.3) is 0 Å². The van der Waals surface area contributed by atoms with Crippen molar-refractivity contribution in [2.24, 2.45) is 0 Å². The van der Waals surface area contributed by atoms with E-state index in [1.807, 2.05) is 54.4 Å². The van der Waals surface area contributed by atoms with Crippen molar-refractivity contribution >= 4 is 0 Å². The van der Waals surface area contributed by atoms with Crippen LogP contribution in [-0.4, -0.2) is 34.9 Å². The van der Waals surface area contributed by atoms with E-state index in [-0.39, 0.29) is 5.75 Å². The minimum atomic E-state index is -4.36. The maximum Gasteiger partial charge on any atom is 0.422 e. The highest BCUT2D eigenvalue weighted by Crippen LogP contribution is 2.28. The van der Waals surface area contributed by atoms with E-state index in [0.717, 1.165) is 11.1 Å². The number of hydrogen-bond acceptors (Lipinski definition) is 5. The number of alkyl halides is 3. The summed E-state index contributed by atoms with van der Waals surface area (Å²) in [6.07, 6.45) is -4.36. The quantitative estimate of drug-likeness (QED) is 0.558. The molecule has 1 heterocycles. The van der Waals surface area contributed by atoms with Crippen molar-refractivity contribution in [2.45, 2.75) is 33.1 Å². The number of benzene rings is 2.